The molecule has 0 heterocycles. The standard InChI is InChI=1S/C8H7NO5S/c1-15(14)7-3-2-5(8(10)11)4-6(7)9(12)13/h2-4H,1H3,(H,10,11). The molecule has 0 spiro atoms. The zero-order chi connectivity index (χ0) is 11.6. The van der Waals surface area contributed by atoms with E-state index in [1.807, 2.05) is 0 Å². The fourth-order valence-electron chi connectivity index (χ4n) is 1.04. The monoisotopic (exact) mass is 229 g/mol. The molecular formula is C8H7NO5S. The second kappa shape index (κ2) is 4.28. The SMILES string of the molecule is C[S+]([O-])c1ccc(C(=O)O)cc1[N+](=O)[O-]. The minimum absolute atomic E-state index is 0.0185. The molecule has 0 amide bonds. The first kappa shape index (κ1) is 11.5. The third-order valence-electron chi connectivity index (χ3n) is 1.71. The van der Waals surface area contributed by atoms with E-state index in [1.54, 1.807) is 0 Å². The number of carboxylic acid groups (broad SMARTS) is 1. The molecule has 0 saturated heterocycles. The highest BCUT2D eigenvalue weighted by molar-refractivity contribution is 7.90. The Morgan fingerprint density at radius 2 is 2.13 bits per heavy atom. The van der Waals surface area contributed by atoms with Gasteiger partial charge in [-0.15, -0.1) is 0 Å². The first-order valence-electron chi connectivity index (χ1n) is 3.78. The maximum atomic E-state index is 11.1. The quantitative estimate of drug-likeness (QED) is 0.473. The van der Waals surface area contributed by atoms with Crippen molar-refractivity contribution in [1.82, 2.24) is 0 Å². The van der Waals surface area contributed by atoms with Gasteiger partial charge < -0.3 is 9.66 Å². The summed E-state index contributed by atoms with van der Waals surface area (Å²) in [5.74, 6) is -1.26. The maximum Gasteiger partial charge on any atom is 0.335 e. The lowest BCUT2D eigenvalue weighted by atomic mass is 10.2. The lowest BCUT2D eigenvalue weighted by Crippen LogP contribution is -2.05. The average Bonchev–Trinajstić information content (AvgIpc) is 2.16. The first-order valence-corrected chi connectivity index (χ1v) is 5.34. The molecule has 0 saturated carbocycles. The second-order valence-corrected chi connectivity index (χ2v) is 4.05. The van der Waals surface area contributed by atoms with E-state index in [9.17, 15) is 19.5 Å². The summed E-state index contributed by atoms with van der Waals surface area (Å²) >= 11 is -1.52. The van der Waals surface area contributed by atoms with Crippen LogP contribution in [0, 0.1) is 10.1 Å². The van der Waals surface area contributed by atoms with E-state index in [0.29, 0.717) is 0 Å². The number of carbonyl (C=O) groups is 1. The highest BCUT2D eigenvalue weighted by Gasteiger charge is 2.23. The Hall–Kier alpha value is -1.60. The number of nitrogens with zero attached hydrogens (tertiary/aromatic N) is 1. The van der Waals surface area contributed by atoms with Gasteiger partial charge in [-0.05, 0) is 17.2 Å². The van der Waals surface area contributed by atoms with Crippen LogP contribution in [0.1, 0.15) is 10.4 Å². The minimum atomic E-state index is -1.52. The van der Waals surface area contributed by atoms with Gasteiger partial charge in [0.2, 0.25) is 4.90 Å². The summed E-state index contributed by atoms with van der Waals surface area (Å²) in [6, 6.07) is 3.28. The smallest absolute Gasteiger partial charge is 0.335 e. The van der Waals surface area contributed by atoms with E-state index in [2.05, 4.69) is 0 Å². The molecule has 15 heavy (non-hydrogen) atoms. The van der Waals surface area contributed by atoms with Crippen LogP contribution in [0.25, 0.3) is 0 Å². The molecule has 0 fully saturated rings. The highest BCUT2D eigenvalue weighted by Crippen LogP contribution is 2.24. The lowest BCUT2D eigenvalue weighted by Gasteiger charge is -2.04. The number of carboxylic acids is 1. The molecule has 1 unspecified atom stereocenters. The predicted molar refractivity (Wildman–Crippen MR) is 52.4 cm³/mol. The summed E-state index contributed by atoms with van der Waals surface area (Å²) in [6.07, 6.45) is 1.29. The van der Waals surface area contributed by atoms with Gasteiger partial charge in [0.25, 0.3) is 0 Å². The number of rotatable bonds is 3. The van der Waals surface area contributed by atoms with Crippen LogP contribution in [0.5, 0.6) is 0 Å². The summed E-state index contributed by atoms with van der Waals surface area (Å²) in [5, 5.41) is 19.2. The van der Waals surface area contributed by atoms with Gasteiger partial charge in [0, 0.05) is 12.1 Å². The van der Waals surface area contributed by atoms with E-state index in [4.69, 9.17) is 5.11 Å². The van der Waals surface area contributed by atoms with Gasteiger partial charge in [0.1, 0.15) is 6.26 Å². The van der Waals surface area contributed by atoms with Crippen molar-refractivity contribution in [2.24, 2.45) is 0 Å². The third-order valence-corrected chi connectivity index (χ3v) is 2.68. The Balaban J connectivity index is 3.33. The van der Waals surface area contributed by atoms with E-state index >= 15 is 0 Å². The zero-order valence-corrected chi connectivity index (χ0v) is 8.48. The largest absolute Gasteiger partial charge is 0.611 e. The summed E-state index contributed by atoms with van der Waals surface area (Å²) in [6.45, 7) is 0. The van der Waals surface area contributed by atoms with Gasteiger partial charge in [-0.3, -0.25) is 10.1 Å². The van der Waals surface area contributed by atoms with E-state index in [1.165, 1.54) is 18.4 Å². The zero-order valence-electron chi connectivity index (χ0n) is 7.67. The summed E-state index contributed by atoms with van der Waals surface area (Å²) in [5.41, 5.74) is -0.633. The van der Waals surface area contributed by atoms with Crippen molar-refractivity contribution in [3.8, 4) is 0 Å². The first-order chi connectivity index (χ1) is 6.93. The van der Waals surface area contributed by atoms with Gasteiger partial charge in [0.05, 0.1) is 10.5 Å². The van der Waals surface area contributed by atoms with Crippen molar-refractivity contribution < 1.29 is 19.4 Å². The molecule has 7 heteroatoms. The van der Waals surface area contributed by atoms with E-state index in [0.717, 1.165) is 6.07 Å². The molecular weight excluding hydrogens is 222 g/mol. The van der Waals surface area contributed by atoms with Crippen LogP contribution in [-0.2, 0) is 11.2 Å². The molecule has 1 N–H and O–H groups in total. The number of nitro groups is 1. The molecule has 0 bridgehead atoms. The Morgan fingerprint density at radius 1 is 1.53 bits per heavy atom. The molecule has 80 valence electrons. The van der Waals surface area contributed by atoms with Crippen LogP contribution < -0.4 is 0 Å². The number of hydrogen-bond donors (Lipinski definition) is 1. The molecule has 0 aliphatic heterocycles. The average molecular weight is 229 g/mol. The van der Waals surface area contributed by atoms with Crippen molar-refractivity contribution in [2.75, 3.05) is 6.26 Å². The van der Waals surface area contributed by atoms with Gasteiger partial charge in [-0.1, -0.05) is 0 Å². The fraction of sp³-hybridized carbons (Fsp3) is 0.125. The van der Waals surface area contributed by atoms with Gasteiger partial charge >= 0.3 is 11.7 Å². The van der Waals surface area contributed by atoms with Crippen molar-refractivity contribution in [3.05, 3.63) is 33.9 Å². The lowest BCUT2D eigenvalue weighted by molar-refractivity contribution is -0.387. The molecule has 6 nitrogen and oxygen atoms in total. The van der Waals surface area contributed by atoms with Crippen molar-refractivity contribution in [3.63, 3.8) is 0 Å². The van der Waals surface area contributed by atoms with Gasteiger partial charge in [-0.25, -0.2) is 4.79 Å². The minimum Gasteiger partial charge on any atom is -0.611 e. The molecule has 1 aromatic rings. The van der Waals surface area contributed by atoms with Crippen LogP contribution in [0.2, 0.25) is 0 Å². The topological polar surface area (TPSA) is 104 Å². The van der Waals surface area contributed by atoms with Gasteiger partial charge in [0.15, 0.2) is 0 Å². The van der Waals surface area contributed by atoms with Crippen molar-refractivity contribution >= 4 is 22.8 Å². The number of aromatic carboxylic acids is 1. The normalized spacial score (nSPS) is 12.1. The van der Waals surface area contributed by atoms with Crippen molar-refractivity contribution in [2.45, 2.75) is 4.90 Å². The van der Waals surface area contributed by atoms with Crippen molar-refractivity contribution in [1.29, 1.82) is 0 Å². The number of nitro benzene ring substituents is 1. The van der Waals surface area contributed by atoms with Crippen LogP contribution in [0.3, 0.4) is 0 Å². The summed E-state index contributed by atoms with van der Waals surface area (Å²) in [7, 11) is 0. The third kappa shape index (κ3) is 2.45. The predicted octanol–water partition coefficient (Wildman–Crippen LogP) is 1.03. The molecule has 0 aliphatic rings. The Bertz CT molecular complexity index is 417. The Morgan fingerprint density at radius 3 is 2.53 bits per heavy atom. The molecule has 1 aromatic carbocycles. The molecule has 0 aliphatic carbocycles. The Kier molecular flexibility index (Phi) is 3.28. The maximum absolute atomic E-state index is 11.1. The van der Waals surface area contributed by atoms with E-state index < -0.39 is 27.8 Å². The Labute approximate surface area is 87.9 Å². The van der Waals surface area contributed by atoms with E-state index in [-0.39, 0.29) is 10.5 Å². The number of hydrogen-bond acceptors (Lipinski definition) is 4. The summed E-state index contributed by atoms with van der Waals surface area (Å²) in [4.78, 5) is 20.4. The highest BCUT2D eigenvalue weighted by atomic mass is 32.2. The molecule has 0 radical (unpaired) electrons. The van der Waals surface area contributed by atoms with Crippen LogP contribution in [0.4, 0.5) is 5.69 Å². The van der Waals surface area contributed by atoms with Crippen LogP contribution in [-0.4, -0.2) is 26.8 Å². The second-order valence-electron chi connectivity index (χ2n) is 2.70. The van der Waals surface area contributed by atoms with Crippen LogP contribution >= 0.6 is 0 Å². The molecule has 0 aromatic heterocycles. The summed E-state index contributed by atoms with van der Waals surface area (Å²) < 4.78 is 11.1. The fourth-order valence-corrected chi connectivity index (χ4v) is 1.72. The molecule has 1 atom stereocenters. The van der Waals surface area contributed by atoms with Gasteiger partial charge in [-0.2, -0.15) is 0 Å². The van der Waals surface area contributed by atoms with Crippen LogP contribution in [0.15, 0.2) is 23.1 Å². The number of benzene rings is 1. The molecule has 1 rings (SSSR count).